The monoisotopic (exact) mass is 511 g/mol. The SMILES string of the molecule is CC(C)CCN(Cc1c(-c2ccccc2F)noc1N1CCOCC1)CC(O)COCc1ccccc1. The van der Waals surface area contributed by atoms with E-state index in [1.807, 2.05) is 30.3 Å². The molecule has 0 spiro atoms. The molecule has 3 aromatic rings. The van der Waals surface area contributed by atoms with Gasteiger partial charge in [-0.3, -0.25) is 4.90 Å². The van der Waals surface area contributed by atoms with E-state index in [1.165, 1.54) is 6.07 Å². The zero-order chi connectivity index (χ0) is 26.0. The van der Waals surface area contributed by atoms with Gasteiger partial charge in [0.1, 0.15) is 11.5 Å². The van der Waals surface area contributed by atoms with Crippen molar-refractivity contribution in [3.05, 3.63) is 71.5 Å². The molecule has 0 radical (unpaired) electrons. The van der Waals surface area contributed by atoms with Gasteiger partial charge in [-0.1, -0.05) is 61.5 Å². The Kier molecular flexibility index (Phi) is 10.1. The van der Waals surface area contributed by atoms with Crippen LogP contribution in [0.3, 0.4) is 0 Å². The number of aliphatic hydroxyl groups is 1. The number of benzene rings is 2. The van der Waals surface area contributed by atoms with Crippen LogP contribution in [0.1, 0.15) is 31.4 Å². The zero-order valence-corrected chi connectivity index (χ0v) is 21.8. The smallest absolute Gasteiger partial charge is 0.232 e. The van der Waals surface area contributed by atoms with E-state index in [1.54, 1.807) is 18.2 Å². The lowest BCUT2D eigenvalue weighted by Gasteiger charge is -2.29. The Bertz CT molecular complexity index is 1090. The van der Waals surface area contributed by atoms with Crippen LogP contribution < -0.4 is 4.90 Å². The first-order valence-electron chi connectivity index (χ1n) is 13.1. The predicted molar refractivity (Wildman–Crippen MR) is 142 cm³/mol. The van der Waals surface area contributed by atoms with Gasteiger partial charge in [0.05, 0.1) is 38.1 Å². The molecule has 2 heterocycles. The number of ether oxygens (including phenoxy) is 2. The Morgan fingerprint density at radius 2 is 1.81 bits per heavy atom. The molecule has 1 aromatic heterocycles. The number of hydrogen-bond donors (Lipinski definition) is 1. The van der Waals surface area contributed by atoms with Crippen molar-refractivity contribution in [3.63, 3.8) is 0 Å². The third-order valence-corrected chi connectivity index (χ3v) is 6.49. The molecule has 1 saturated heterocycles. The topological polar surface area (TPSA) is 71.2 Å². The summed E-state index contributed by atoms with van der Waals surface area (Å²) in [4.78, 5) is 4.30. The number of aliphatic hydroxyl groups excluding tert-OH is 1. The van der Waals surface area contributed by atoms with E-state index >= 15 is 0 Å². The molecule has 0 aliphatic carbocycles. The number of morpholine rings is 1. The van der Waals surface area contributed by atoms with Gasteiger partial charge in [-0.2, -0.15) is 0 Å². The minimum atomic E-state index is -0.667. The number of anilines is 1. The van der Waals surface area contributed by atoms with Crippen LogP contribution in [-0.4, -0.2) is 67.3 Å². The Morgan fingerprint density at radius 1 is 1.08 bits per heavy atom. The van der Waals surface area contributed by atoms with Crippen LogP contribution in [0.4, 0.5) is 10.3 Å². The molecule has 7 nitrogen and oxygen atoms in total. The molecular formula is C29H38FN3O4. The summed E-state index contributed by atoms with van der Waals surface area (Å²) in [5.41, 5.74) is 2.81. The fraction of sp³-hybridized carbons (Fsp3) is 0.483. The molecule has 0 amide bonds. The third-order valence-electron chi connectivity index (χ3n) is 6.49. The molecule has 37 heavy (non-hydrogen) atoms. The fourth-order valence-electron chi connectivity index (χ4n) is 4.46. The van der Waals surface area contributed by atoms with Crippen LogP contribution in [0, 0.1) is 11.7 Å². The van der Waals surface area contributed by atoms with Crippen molar-refractivity contribution < 1.29 is 23.5 Å². The summed E-state index contributed by atoms with van der Waals surface area (Å²) >= 11 is 0. The summed E-state index contributed by atoms with van der Waals surface area (Å²) in [6.07, 6.45) is 0.296. The molecule has 1 atom stereocenters. The summed E-state index contributed by atoms with van der Waals surface area (Å²) in [5, 5.41) is 15.2. The zero-order valence-electron chi connectivity index (χ0n) is 21.8. The summed E-state index contributed by atoms with van der Waals surface area (Å²) in [7, 11) is 0. The van der Waals surface area contributed by atoms with E-state index < -0.39 is 6.10 Å². The molecule has 2 aromatic carbocycles. The second-order valence-electron chi connectivity index (χ2n) is 9.97. The maximum atomic E-state index is 14.8. The highest BCUT2D eigenvalue weighted by molar-refractivity contribution is 5.68. The van der Waals surface area contributed by atoms with Gasteiger partial charge in [-0.05, 0) is 36.6 Å². The van der Waals surface area contributed by atoms with Crippen molar-refractivity contribution in [3.8, 4) is 11.3 Å². The van der Waals surface area contributed by atoms with Crippen molar-refractivity contribution in [1.82, 2.24) is 10.1 Å². The molecule has 0 bridgehead atoms. The maximum absolute atomic E-state index is 14.8. The van der Waals surface area contributed by atoms with Gasteiger partial charge >= 0.3 is 0 Å². The molecule has 1 fully saturated rings. The van der Waals surface area contributed by atoms with E-state index in [9.17, 15) is 9.50 Å². The van der Waals surface area contributed by atoms with Crippen molar-refractivity contribution >= 4 is 5.88 Å². The number of aromatic nitrogens is 1. The van der Waals surface area contributed by atoms with Gasteiger partial charge in [0, 0.05) is 31.7 Å². The van der Waals surface area contributed by atoms with E-state index in [4.69, 9.17) is 14.0 Å². The Labute approximate surface area is 218 Å². The highest BCUT2D eigenvalue weighted by Crippen LogP contribution is 2.34. The normalized spacial score (nSPS) is 15.0. The predicted octanol–water partition coefficient (Wildman–Crippen LogP) is 4.74. The summed E-state index contributed by atoms with van der Waals surface area (Å²) < 4.78 is 31.9. The van der Waals surface area contributed by atoms with Gasteiger partial charge < -0.3 is 24.0 Å². The Balaban J connectivity index is 1.52. The number of nitrogens with zero attached hydrogens (tertiary/aromatic N) is 3. The lowest BCUT2D eigenvalue weighted by Crippen LogP contribution is -2.38. The van der Waals surface area contributed by atoms with Crippen LogP contribution in [-0.2, 0) is 22.6 Å². The van der Waals surface area contributed by atoms with Crippen molar-refractivity contribution in [2.24, 2.45) is 5.92 Å². The second kappa shape index (κ2) is 13.7. The average Bonchev–Trinajstić information content (AvgIpc) is 3.31. The first-order valence-corrected chi connectivity index (χ1v) is 13.1. The summed E-state index contributed by atoms with van der Waals surface area (Å²) in [6, 6.07) is 16.6. The molecule has 200 valence electrons. The third kappa shape index (κ3) is 7.85. The molecule has 8 heteroatoms. The quantitative estimate of drug-likeness (QED) is 0.355. The lowest BCUT2D eigenvalue weighted by molar-refractivity contribution is 0.00790. The van der Waals surface area contributed by atoms with E-state index in [2.05, 4.69) is 28.8 Å². The maximum Gasteiger partial charge on any atom is 0.232 e. The average molecular weight is 512 g/mol. The van der Waals surface area contributed by atoms with Gasteiger partial charge in [0.25, 0.3) is 0 Å². The van der Waals surface area contributed by atoms with Gasteiger partial charge in [-0.15, -0.1) is 0 Å². The molecular weight excluding hydrogens is 473 g/mol. The Morgan fingerprint density at radius 3 is 2.54 bits per heavy atom. The van der Waals surface area contributed by atoms with Gasteiger partial charge in [0.15, 0.2) is 0 Å². The lowest BCUT2D eigenvalue weighted by atomic mass is 10.0. The summed E-state index contributed by atoms with van der Waals surface area (Å²) in [6.45, 7) is 9.28. The standard InChI is InChI=1S/C29H38FN3O4/c1-22(2)12-13-32(18-24(34)21-36-20-23-8-4-3-5-9-23)19-26-28(25-10-6-7-11-27(25)30)31-37-29(26)33-14-16-35-17-15-33/h3-11,22,24,34H,12-21H2,1-2H3. The van der Waals surface area contributed by atoms with E-state index in [0.717, 1.165) is 24.1 Å². The molecule has 1 N–H and O–H groups in total. The largest absolute Gasteiger partial charge is 0.389 e. The van der Waals surface area contributed by atoms with Crippen molar-refractivity contribution in [2.75, 3.05) is 50.9 Å². The first-order chi connectivity index (χ1) is 18.0. The molecule has 4 rings (SSSR count). The van der Waals surface area contributed by atoms with Gasteiger partial charge in [0.2, 0.25) is 5.88 Å². The van der Waals surface area contributed by atoms with Crippen LogP contribution >= 0.6 is 0 Å². The van der Waals surface area contributed by atoms with Crippen molar-refractivity contribution in [1.29, 1.82) is 0 Å². The van der Waals surface area contributed by atoms with Crippen LogP contribution in [0.5, 0.6) is 0 Å². The fourth-order valence-corrected chi connectivity index (χ4v) is 4.46. The van der Waals surface area contributed by atoms with E-state index in [-0.39, 0.29) is 12.4 Å². The highest BCUT2D eigenvalue weighted by atomic mass is 19.1. The van der Waals surface area contributed by atoms with Crippen LogP contribution in [0.25, 0.3) is 11.3 Å². The second-order valence-corrected chi connectivity index (χ2v) is 9.97. The molecule has 1 aliphatic rings. The number of rotatable bonds is 13. The number of halogens is 1. The summed E-state index contributed by atoms with van der Waals surface area (Å²) in [5.74, 6) is 0.806. The molecule has 0 saturated carbocycles. The number of hydrogen-bond acceptors (Lipinski definition) is 7. The van der Waals surface area contributed by atoms with Crippen molar-refractivity contribution in [2.45, 2.75) is 39.5 Å². The van der Waals surface area contributed by atoms with Crippen LogP contribution in [0.2, 0.25) is 0 Å². The molecule has 1 unspecified atom stereocenters. The van der Waals surface area contributed by atoms with Crippen LogP contribution in [0.15, 0.2) is 59.1 Å². The first kappa shape index (κ1) is 27.3. The Hall–Kier alpha value is -2.78. The van der Waals surface area contributed by atoms with Gasteiger partial charge in [-0.25, -0.2) is 4.39 Å². The highest BCUT2D eigenvalue weighted by Gasteiger charge is 2.27. The minimum absolute atomic E-state index is 0.229. The molecule has 1 aliphatic heterocycles. The van der Waals surface area contributed by atoms with E-state index in [0.29, 0.717) is 69.1 Å². The minimum Gasteiger partial charge on any atom is -0.389 e.